The topological polar surface area (TPSA) is 110 Å². The standard InChI is InChI=1S/C14H9N3O4S/c15-8-12-13(16(18)19)6-11(7-14(12)17(20)21)22-9-10-4-2-1-3-5-10/h1-7H,9H2. The summed E-state index contributed by atoms with van der Waals surface area (Å²) in [5.74, 6) is 0.515. The molecule has 0 radical (unpaired) electrons. The van der Waals surface area contributed by atoms with Crippen LogP contribution in [0.15, 0.2) is 47.4 Å². The molecule has 110 valence electrons. The normalized spacial score (nSPS) is 9.95. The first kappa shape index (κ1) is 15.5. The van der Waals surface area contributed by atoms with Crippen molar-refractivity contribution >= 4 is 23.1 Å². The highest BCUT2D eigenvalue weighted by molar-refractivity contribution is 7.98. The Morgan fingerprint density at radius 1 is 1.05 bits per heavy atom. The maximum absolute atomic E-state index is 11.0. The zero-order valence-corrected chi connectivity index (χ0v) is 11.9. The summed E-state index contributed by atoms with van der Waals surface area (Å²) in [5.41, 5.74) is -0.638. The SMILES string of the molecule is N#Cc1c([N+](=O)[O-])cc(SCc2ccccc2)cc1[N+](=O)[O-]. The van der Waals surface area contributed by atoms with Gasteiger partial charge in [0.2, 0.25) is 5.56 Å². The van der Waals surface area contributed by atoms with E-state index in [9.17, 15) is 20.2 Å². The summed E-state index contributed by atoms with van der Waals surface area (Å²) in [7, 11) is 0. The second-order valence-corrected chi connectivity index (χ2v) is 5.29. The molecule has 2 aromatic carbocycles. The molecule has 0 saturated heterocycles. The van der Waals surface area contributed by atoms with E-state index in [0.717, 1.165) is 5.56 Å². The first-order chi connectivity index (χ1) is 10.5. The van der Waals surface area contributed by atoms with Crippen LogP contribution in [0, 0.1) is 31.6 Å². The Kier molecular flexibility index (Phi) is 4.70. The molecule has 0 saturated carbocycles. The third-order valence-electron chi connectivity index (χ3n) is 2.82. The molecule has 22 heavy (non-hydrogen) atoms. The molecule has 2 rings (SSSR count). The number of hydrogen-bond acceptors (Lipinski definition) is 6. The predicted octanol–water partition coefficient (Wildman–Crippen LogP) is 3.67. The predicted molar refractivity (Wildman–Crippen MR) is 80.5 cm³/mol. The van der Waals surface area contributed by atoms with Gasteiger partial charge in [-0.1, -0.05) is 30.3 Å². The van der Waals surface area contributed by atoms with Crippen LogP contribution >= 0.6 is 11.8 Å². The molecule has 0 atom stereocenters. The minimum Gasteiger partial charge on any atom is -0.258 e. The van der Waals surface area contributed by atoms with E-state index in [1.165, 1.54) is 30.0 Å². The molecule has 0 aliphatic rings. The second-order valence-electron chi connectivity index (χ2n) is 4.24. The molecule has 0 amide bonds. The van der Waals surface area contributed by atoms with Crippen molar-refractivity contribution in [1.29, 1.82) is 5.26 Å². The lowest BCUT2D eigenvalue weighted by atomic mass is 10.1. The van der Waals surface area contributed by atoms with E-state index < -0.39 is 26.8 Å². The maximum Gasteiger partial charge on any atom is 0.295 e. The summed E-state index contributed by atoms with van der Waals surface area (Å²) < 4.78 is 0. The van der Waals surface area contributed by atoms with Crippen molar-refractivity contribution in [1.82, 2.24) is 0 Å². The van der Waals surface area contributed by atoms with E-state index in [-0.39, 0.29) is 0 Å². The Bertz CT molecular complexity index is 736. The van der Waals surface area contributed by atoms with Crippen LogP contribution in [0.1, 0.15) is 11.1 Å². The number of nitriles is 1. The summed E-state index contributed by atoms with van der Waals surface area (Å²) in [5, 5.41) is 30.9. The lowest BCUT2D eigenvalue weighted by molar-refractivity contribution is -0.395. The first-order valence-electron chi connectivity index (χ1n) is 6.06. The number of thioether (sulfide) groups is 1. The van der Waals surface area contributed by atoms with Gasteiger partial charge in [0.05, 0.1) is 9.85 Å². The molecule has 0 heterocycles. The number of hydrogen-bond donors (Lipinski definition) is 0. The highest BCUT2D eigenvalue weighted by Crippen LogP contribution is 2.34. The van der Waals surface area contributed by atoms with E-state index in [1.54, 1.807) is 0 Å². The van der Waals surface area contributed by atoms with Gasteiger partial charge in [-0.05, 0) is 5.56 Å². The molecule has 0 bridgehead atoms. The van der Waals surface area contributed by atoms with Crippen molar-refractivity contribution in [2.45, 2.75) is 10.6 Å². The van der Waals surface area contributed by atoms with Crippen LogP contribution < -0.4 is 0 Å². The van der Waals surface area contributed by atoms with Crippen LogP contribution in [0.25, 0.3) is 0 Å². The molecular weight excluding hydrogens is 306 g/mol. The van der Waals surface area contributed by atoms with E-state index in [0.29, 0.717) is 10.6 Å². The fourth-order valence-electron chi connectivity index (χ4n) is 1.81. The van der Waals surface area contributed by atoms with Crippen LogP contribution in [-0.4, -0.2) is 9.85 Å². The average molecular weight is 315 g/mol. The van der Waals surface area contributed by atoms with Crippen molar-refractivity contribution in [2.75, 3.05) is 0 Å². The summed E-state index contributed by atoms with van der Waals surface area (Å²) in [6.07, 6.45) is 0. The fraction of sp³-hybridized carbons (Fsp3) is 0.0714. The number of nitrogens with zero attached hydrogens (tertiary/aromatic N) is 3. The van der Waals surface area contributed by atoms with Crippen LogP contribution in [0.3, 0.4) is 0 Å². The molecule has 0 spiro atoms. The van der Waals surface area contributed by atoms with Gasteiger partial charge in [0.1, 0.15) is 6.07 Å². The van der Waals surface area contributed by atoms with Crippen molar-refractivity contribution in [3.63, 3.8) is 0 Å². The molecule has 8 heteroatoms. The number of rotatable bonds is 5. The monoisotopic (exact) mass is 315 g/mol. The van der Waals surface area contributed by atoms with Crippen LogP contribution in [-0.2, 0) is 5.75 Å². The van der Waals surface area contributed by atoms with Gasteiger partial charge < -0.3 is 0 Å². The smallest absolute Gasteiger partial charge is 0.258 e. The van der Waals surface area contributed by atoms with Gasteiger partial charge in [-0.15, -0.1) is 11.8 Å². The van der Waals surface area contributed by atoms with E-state index in [4.69, 9.17) is 5.26 Å². The molecule has 2 aromatic rings. The largest absolute Gasteiger partial charge is 0.295 e. The van der Waals surface area contributed by atoms with Gasteiger partial charge in [-0.3, -0.25) is 20.2 Å². The van der Waals surface area contributed by atoms with Gasteiger partial charge in [-0.2, -0.15) is 5.26 Å². The minimum atomic E-state index is -0.780. The van der Waals surface area contributed by atoms with Gasteiger partial charge in [0, 0.05) is 22.8 Å². The quantitative estimate of drug-likeness (QED) is 0.473. The molecule has 0 unspecified atom stereocenters. The number of nitro groups is 2. The summed E-state index contributed by atoms with van der Waals surface area (Å²) in [6.45, 7) is 0. The second kappa shape index (κ2) is 6.69. The molecule has 0 N–H and O–H groups in total. The summed E-state index contributed by atoms with van der Waals surface area (Å²) in [4.78, 5) is 20.8. The maximum atomic E-state index is 11.0. The molecule has 0 aromatic heterocycles. The lowest BCUT2D eigenvalue weighted by Crippen LogP contribution is -1.99. The number of nitro benzene ring substituents is 2. The Morgan fingerprint density at radius 3 is 2.05 bits per heavy atom. The molecule has 7 nitrogen and oxygen atoms in total. The molecule has 0 aliphatic carbocycles. The van der Waals surface area contributed by atoms with Gasteiger partial charge in [0.25, 0.3) is 11.4 Å². The van der Waals surface area contributed by atoms with Crippen molar-refractivity contribution in [3.05, 3.63) is 73.8 Å². The first-order valence-corrected chi connectivity index (χ1v) is 7.05. The highest BCUT2D eigenvalue weighted by Gasteiger charge is 2.26. The zero-order valence-electron chi connectivity index (χ0n) is 11.1. The van der Waals surface area contributed by atoms with Gasteiger partial charge >= 0.3 is 0 Å². The molecule has 0 fully saturated rings. The fourth-order valence-corrected chi connectivity index (χ4v) is 2.73. The third-order valence-corrected chi connectivity index (χ3v) is 3.87. The Balaban J connectivity index is 2.38. The van der Waals surface area contributed by atoms with Crippen LogP contribution in [0.5, 0.6) is 0 Å². The van der Waals surface area contributed by atoms with Crippen LogP contribution in [0.4, 0.5) is 11.4 Å². The molecule has 0 aliphatic heterocycles. The van der Waals surface area contributed by atoms with Crippen molar-refractivity contribution < 1.29 is 9.85 Å². The Morgan fingerprint density at radius 2 is 1.59 bits per heavy atom. The lowest BCUT2D eigenvalue weighted by Gasteiger charge is -2.04. The van der Waals surface area contributed by atoms with E-state index in [1.807, 2.05) is 30.3 Å². The number of benzene rings is 2. The Labute approximate surface area is 129 Å². The highest BCUT2D eigenvalue weighted by atomic mass is 32.2. The van der Waals surface area contributed by atoms with Gasteiger partial charge in [0.15, 0.2) is 0 Å². The van der Waals surface area contributed by atoms with E-state index in [2.05, 4.69) is 0 Å². The summed E-state index contributed by atoms with van der Waals surface area (Å²) in [6, 6.07) is 13.3. The van der Waals surface area contributed by atoms with Crippen LogP contribution in [0.2, 0.25) is 0 Å². The van der Waals surface area contributed by atoms with E-state index >= 15 is 0 Å². The van der Waals surface area contributed by atoms with Crippen molar-refractivity contribution in [2.24, 2.45) is 0 Å². The van der Waals surface area contributed by atoms with Gasteiger partial charge in [-0.25, -0.2) is 0 Å². The zero-order chi connectivity index (χ0) is 16.1. The Hall–Kier alpha value is -2.92. The third kappa shape index (κ3) is 3.39. The average Bonchev–Trinajstić information content (AvgIpc) is 2.52. The summed E-state index contributed by atoms with van der Waals surface area (Å²) >= 11 is 1.24. The van der Waals surface area contributed by atoms with Crippen molar-refractivity contribution in [3.8, 4) is 6.07 Å². The molecular formula is C14H9N3O4S. The minimum absolute atomic E-state index is 0.376.